The van der Waals surface area contributed by atoms with Gasteiger partial charge in [0.2, 0.25) is 5.91 Å². The lowest BCUT2D eigenvalue weighted by Crippen LogP contribution is -2.54. The SMILES string of the molecule is COC(=O)[C@@H]1CCCN1C(=O)C(NC(=O)c1csc(C)n1)C(C)C. The highest BCUT2D eigenvalue weighted by Crippen LogP contribution is 2.21. The van der Waals surface area contributed by atoms with Crippen LogP contribution in [-0.2, 0) is 14.3 Å². The number of ether oxygens (including phenoxy) is 1. The zero-order chi connectivity index (χ0) is 17.9. The fourth-order valence-corrected chi connectivity index (χ4v) is 3.38. The summed E-state index contributed by atoms with van der Waals surface area (Å²) in [6.07, 6.45) is 1.33. The van der Waals surface area contributed by atoms with Crippen LogP contribution in [0.1, 0.15) is 42.2 Å². The van der Waals surface area contributed by atoms with Crippen molar-refractivity contribution in [2.45, 2.75) is 45.7 Å². The molecule has 7 nitrogen and oxygen atoms in total. The number of rotatable bonds is 5. The molecular weight excluding hydrogens is 330 g/mol. The molecule has 0 bridgehead atoms. The highest BCUT2D eigenvalue weighted by molar-refractivity contribution is 7.09. The van der Waals surface area contributed by atoms with Crippen LogP contribution in [0.15, 0.2) is 5.38 Å². The number of esters is 1. The number of carbonyl (C=O) groups excluding carboxylic acids is 3. The minimum atomic E-state index is -0.704. The molecule has 1 unspecified atom stereocenters. The number of thiazole rings is 1. The summed E-state index contributed by atoms with van der Waals surface area (Å²) in [7, 11) is 1.32. The maximum Gasteiger partial charge on any atom is 0.328 e. The largest absolute Gasteiger partial charge is 0.467 e. The maximum absolute atomic E-state index is 12.9. The van der Waals surface area contributed by atoms with Gasteiger partial charge in [0.05, 0.1) is 12.1 Å². The summed E-state index contributed by atoms with van der Waals surface area (Å²) in [6.45, 7) is 6.03. The quantitative estimate of drug-likeness (QED) is 0.808. The van der Waals surface area contributed by atoms with E-state index in [1.807, 2.05) is 20.8 Å². The Balaban J connectivity index is 2.13. The molecule has 2 atom stereocenters. The van der Waals surface area contributed by atoms with Crippen LogP contribution < -0.4 is 5.32 Å². The molecule has 0 aromatic carbocycles. The molecule has 0 saturated carbocycles. The van der Waals surface area contributed by atoms with Crippen molar-refractivity contribution in [3.05, 3.63) is 16.1 Å². The minimum absolute atomic E-state index is 0.111. The number of methoxy groups -OCH3 is 1. The Bertz CT molecular complexity index is 629. The molecule has 2 rings (SSSR count). The first-order chi connectivity index (χ1) is 11.3. The van der Waals surface area contributed by atoms with E-state index in [0.29, 0.717) is 18.7 Å². The van der Waals surface area contributed by atoms with Crippen LogP contribution >= 0.6 is 11.3 Å². The van der Waals surface area contributed by atoms with E-state index in [9.17, 15) is 14.4 Å². The molecular formula is C16H23N3O4S. The first-order valence-corrected chi connectivity index (χ1v) is 8.84. The number of nitrogens with one attached hydrogen (secondary N) is 1. The number of aryl methyl sites for hydroxylation is 1. The maximum atomic E-state index is 12.9. The van der Waals surface area contributed by atoms with Crippen LogP contribution in [0, 0.1) is 12.8 Å². The van der Waals surface area contributed by atoms with Gasteiger partial charge in [0.25, 0.3) is 5.91 Å². The Hall–Kier alpha value is -1.96. The lowest BCUT2D eigenvalue weighted by Gasteiger charge is -2.29. The summed E-state index contributed by atoms with van der Waals surface area (Å²) in [5.41, 5.74) is 0.307. The van der Waals surface area contributed by atoms with E-state index < -0.39 is 18.1 Å². The second-order valence-electron chi connectivity index (χ2n) is 6.16. The van der Waals surface area contributed by atoms with Gasteiger partial charge in [0.15, 0.2) is 0 Å². The monoisotopic (exact) mass is 353 g/mol. The van der Waals surface area contributed by atoms with Gasteiger partial charge in [-0.15, -0.1) is 11.3 Å². The number of amides is 2. The van der Waals surface area contributed by atoms with E-state index in [1.165, 1.54) is 23.3 Å². The molecule has 1 aliphatic rings. The van der Waals surface area contributed by atoms with E-state index in [-0.39, 0.29) is 17.7 Å². The molecule has 0 radical (unpaired) electrons. The van der Waals surface area contributed by atoms with E-state index in [0.717, 1.165) is 11.4 Å². The van der Waals surface area contributed by atoms with E-state index >= 15 is 0 Å². The summed E-state index contributed by atoms with van der Waals surface area (Å²) in [5, 5.41) is 5.22. The molecule has 8 heteroatoms. The molecule has 0 aliphatic carbocycles. The van der Waals surface area contributed by atoms with Gasteiger partial charge in [0, 0.05) is 11.9 Å². The highest BCUT2D eigenvalue weighted by atomic mass is 32.1. The van der Waals surface area contributed by atoms with Gasteiger partial charge in [0.1, 0.15) is 17.8 Å². The number of carbonyl (C=O) groups is 3. The first-order valence-electron chi connectivity index (χ1n) is 7.96. The summed E-state index contributed by atoms with van der Waals surface area (Å²) >= 11 is 1.38. The van der Waals surface area contributed by atoms with Crippen LogP contribution in [0.25, 0.3) is 0 Å². The topological polar surface area (TPSA) is 88.6 Å². The Morgan fingerprint density at radius 2 is 2.12 bits per heavy atom. The van der Waals surface area contributed by atoms with Gasteiger partial charge in [-0.25, -0.2) is 9.78 Å². The fraction of sp³-hybridized carbons (Fsp3) is 0.625. The standard InChI is InChI=1S/C16H23N3O4S/c1-9(2)13(18-14(20)11-8-24-10(3)17-11)15(21)19-7-5-6-12(19)16(22)23-4/h8-9,12-13H,5-7H2,1-4H3,(H,18,20)/t12-,13?/m0/s1. The van der Waals surface area contributed by atoms with Gasteiger partial charge in [-0.1, -0.05) is 13.8 Å². The summed E-state index contributed by atoms with van der Waals surface area (Å²) in [5.74, 6) is -1.15. The van der Waals surface area contributed by atoms with Crippen LogP contribution in [-0.4, -0.2) is 53.4 Å². The van der Waals surface area contributed by atoms with Crippen LogP contribution in [0.4, 0.5) is 0 Å². The Morgan fingerprint density at radius 1 is 1.42 bits per heavy atom. The molecule has 24 heavy (non-hydrogen) atoms. The molecule has 2 heterocycles. The van der Waals surface area contributed by atoms with E-state index in [4.69, 9.17) is 4.74 Å². The third-order valence-electron chi connectivity index (χ3n) is 4.08. The second-order valence-corrected chi connectivity index (χ2v) is 7.22. The van der Waals surface area contributed by atoms with Crippen LogP contribution in [0.2, 0.25) is 0 Å². The van der Waals surface area contributed by atoms with Crippen LogP contribution in [0.5, 0.6) is 0 Å². The Kier molecular flexibility index (Phi) is 5.93. The Morgan fingerprint density at radius 3 is 2.67 bits per heavy atom. The predicted molar refractivity (Wildman–Crippen MR) is 89.7 cm³/mol. The molecule has 0 spiro atoms. The molecule has 1 aromatic rings. The zero-order valence-electron chi connectivity index (χ0n) is 14.4. The lowest BCUT2D eigenvalue weighted by molar-refractivity contribution is -0.151. The number of hydrogen-bond donors (Lipinski definition) is 1. The third-order valence-corrected chi connectivity index (χ3v) is 4.85. The van der Waals surface area contributed by atoms with Gasteiger partial charge in [-0.3, -0.25) is 9.59 Å². The summed E-state index contributed by atoms with van der Waals surface area (Å²) < 4.78 is 4.78. The van der Waals surface area contributed by atoms with Crippen molar-refractivity contribution in [3.8, 4) is 0 Å². The Labute approximate surface area is 145 Å². The molecule has 2 amide bonds. The average molecular weight is 353 g/mol. The molecule has 1 N–H and O–H groups in total. The summed E-state index contributed by atoms with van der Waals surface area (Å²) in [4.78, 5) is 42.7. The zero-order valence-corrected chi connectivity index (χ0v) is 15.2. The number of aromatic nitrogens is 1. The number of hydrogen-bond acceptors (Lipinski definition) is 6. The van der Waals surface area contributed by atoms with Gasteiger partial charge in [-0.2, -0.15) is 0 Å². The van der Waals surface area contributed by atoms with Crippen molar-refractivity contribution in [2.24, 2.45) is 5.92 Å². The van der Waals surface area contributed by atoms with Gasteiger partial charge < -0.3 is 15.0 Å². The van der Waals surface area contributed by atoms with Crippen LogP contribution in [0.3, 0.4) is 0 Å². The van der Waals surface area contributed by atoms with Gasteiger partial charge in [-0.05, 0) is 25.7 Å². The third kappa shape index (κ3) is 3.92. The predicted octanol–water partition coefficient (Wildman–Crippen LogP) is 1.37. The van der Waals surface area contributed by atoms with Crippen molar-refractivity contribution in [3.63, 3.8) is 0 Å². The molecule has 1 aliphatic heterocycles. The number of likely N-dealkylation sites (tertiary alicyclic amines) is 1. The van der Waals surface area contributed by atoms with Crippen molar-refractivity contribution in [2.75, 3.05) is 13.7 Å². The molecule has 1 aromatic heterocycles. The second kappa shape index (κ2) is 7.74. The van der Waals surface area contributed by atoms with Crippen molar-refractivity contribution >= 4 is 29.1 Å². The summed E-state index contributed by atoms with van der Waals surface area (Å²) in [6, 6.07) is -1.27. The van der Waals surface area contributed by atoms with Crippen molar-refractivity contribution < 1.29 is 19.1 Å². The fourth-order valence-electron chi connectivity index (χ4n) is 2.79. The van der Waals surface area contributed by atoms with Crippen molar-refractivity contribution in [1.82, 2.24) is 15.2 Å². The minimum Gasteiger partial charge on any atom is -0.467 e. The average Bonchev–Trinajstić information content (AvgIpc) is 3.19. The smallest absolute Gasteiger partial charge is 0.328 e. The molecule has 132 valence electrons. The van der Waals surface area contributed by atoms with E-state index in [2.05, 4.69) is 10.3 Å². The molecule has 1 saturated heterocycles. The normalized spacial score (nSPS) is 18.5. The van der Waals surface area contributed by atoms with Gasteiger partial charge >= 0.3 is 5.97 Å². The first kappa shape index (κ1) is 18.4. The number of nitrogens with zero attached hydrogens (tertiary/aromatic N) is 2. The lowest BCUT2D eigenvalue weighted by atomic mass is 10.0. The van der Waals surface area contributed by atoms with Crippen molar-refractivity contribution in [1.29, 1.82) is 0 Å². The van der Waals surface area contributed by atoms with E-state index in [1.54, 1.807) is 5.38 Å². The molecule has 1 fully saturated rings. The highest BCUT2D eigenvalue weighted by Gasteiger charge is 2.39.